The molecule has 0 spiro atoms. The molecule has 2 heterocycles. The van der Waals surface area contributed by atoms with Crippen LogP contribution in [0.15, 0.2) is 34.1 Å². The van der Waals surface area contributed by atoms with Crippen molar-refractivity contribution in [1.29, 1.82) is 0 Å². The first-order valence-corrected chi connectivity index (χ1v) is 7.30. The van der Waals surface area contributed by atoms with E-state index in [1.54, 1.807) is 12.1 Å². The number of nitrogens with zero attached hydrogens (tertiary/aromatic N) is 1. The second kappa shape index (κ2) is 7.36. The molecule has 0 atom stereocenters. The van der Waals surface area contributed by atoms with E-state index >= 15 is 0 Å². The smallest absolute Gasteiger partial charge is 0.395 e. The minimum Gasteiger partial charge on any atom is -0.395 e. The molecule has 0 saturated carbocycles. The van der Waals surface area contributed by atoms with Gasteiger partial charge in [0.25, 0.3) is 11.8 Å². The quantitative estimate of drug-likeness (QED) is 0.458. The summed E-state index contributed by atoms with van der Waals surface area (Å²) in [6.07, 6.45) is 0.533. The third-order valence-electron chi connectivity index (χ3n) is 2.67. The third kappa shape index (κ3) is 4.16. The zero-order valence-corrected chi connectivity index (χ0v) is 12.2. The average Bonchev–Trinajstić information content (AvgIpc) is 3.17. The van der Waals surface area contributed by atoms with Gasteiger partial charge in [0.15, 0.2) is 5.76 Å². The molecule has 0 aromatic carbocycles. The molecule has 2 amide bonds. The van der Waals surface area contributed by atoms with Crippen molar-refractivity contribution in [3.05, 3.63) is 50.4 Å². The van der Waals surface area contributed by atoms with Crippen molar-refractivity contribution in [2.45, 2.75) is 6.42 Å². The van der Waals surface area contributed by atoms with Crippen LogP contribution in [0.2, 0.25) is 0 Å². The van der Waals surface area contributed by atoms with Crippen molar-refractivity contribution in [3.8, 4) is 0 Å². The lowest BCUT2D eigenvalue weighted by atomic mass is 10.3. The summed E-state index contributed by atoms with van der Waals surface area (Å²) in [5, 5.41) is 17.5. The highest BCUT2D eigenvalue weighted by Gasteiger charge is 2.16. The molecule has 2 aromatic rings. The summed E-state index contributed by atoms with van der Waals surface area (Å²) in [4.78, 5) is 33.6. The highest BCUT2D eigenvalue weighted by atomic mass is 32.1. The second-order valence-electron chi connectivity index (χ2n) is 4.24. The van der Waals surface area contributed by atoms with Gasteiger partial charge in [-0.3, -0.25) is 19.7 Å². The Bertz CT molecular complexity index is 665. The van der Waals surface area contributed by atoms with E-state index in [0.717, 1.165) is 6.07 Å². The zero-order valence-electron chi connectivity index (χ0n) is 11.4. The summed E-state index contributed by atoms with van der Waals surface area (Å²) in [6.45, 7) is 0.730. The second-order valence-corrected chi connectivity index (χ2v) is 5.19. The molecule has 2 aromatic heterocycles. The molecule has 2 N–H and O–H groups in total. The number of hydrogen-bond acceptors (Lipinski definition) is 6. The van der Waals surface area contributed by atoms with E-state index in [-0.39, 0.29) is 11.7 Å². The van der Waals surface area contributed by atoms with Crippen molar-refractivity contribution >= 4 is 29.0 Å². The van der Waals surface area contributed by atoms with Gasteiger partial charge in [-0.05, 0) is 23.9 Å². The van der Waals surface area contributed by atoms with Crippen molar-refractivity contribution in [1.82, 2.24) is 10.6 Å². The molecule has 0 saturated heterocycles. The van der Waals surface area contributed by atoms with Gasteiger partial charge in [-0.1, -0.05) is 6.07 Å². The number of nitro groups is 1. The third-order valence-corrected chi connectivity index (χ3v) is 3.53. The molecule has 8 nitrogen and oxygen atoms in total. The number of amides is 2. The van der Waals surface area contributed by atoms with Crippen LogP contribution >= 0.6 is 11.3 Å². The predicted molar refractivity (Wildman–Crippen MR) is 79.0 cm³/mol. The lowest BCUT2D eigenvalue weighted by Gasteiger charge is -2.04. The van der Waals surface area contributed by atoms with Gasteiger partial charge in [0.1, 0.15) is 4.92 Å². The Hall–Kier alpha value is -2.68. The molecule has 0 unspecified atom stereocenters. The van der Waals surface area contributed by atoms with E-state index in [4.69, 9.17) is 4.42 Å². The van der Waals surface area contributed by atoms with Crippen LogP contribution in [0.1, 0.15) is 26.6 Å². The molecule has 0 aliphatic rings. The van der Waals surface area contributed by atoms with Crippen molar-refractivity contribution in [3.63, 3.8) is 0 Å². The zero-order chi connectivity index (χ0) is 15.9. The van der Waals surface area contributed by atoms with Crippen LogP contribution in [0, 0.1) is 10.1 Å². The average molecular weight is 323 g/mol. The summed E-state index contributed by atoms with van der Waals surface area (Å²) in [7, 11) is 0. The van der Waals surface area contributed by atoms with E-state index in [1.807, 2.05) is 5.38 Å². The Morgan fingerprint density at radius 1 is 1.18 bits per heavy atom. The van der Waals surface area contributed by atoms with Gasteiger partial charge in [0.2, 0.25) is 0 Å². The van der Waals surface area contributed by atoms with Crippen molar-refractivity contribution in [2.75, 3.05) is 13.1 Å². The number of rotatable bonds is 7. The normalized spacial score (nSPS) is 10.2. The first-order chi connectivity index (χ1) is 10.6. The number of hydrogen-bond donors (Lipinski definition) is 2. The summed E-state index contributed by atoms with van der Waals surface area (Å²) < 4.78 is 4.77. The van der Waals surface area contributed by atoms with Crippen LogP contribution in [0.5, 0.6) is 0 Å². The molecule has 0 radical (unpaired) electrons. The molecule has 0 fully saturated rings. The number of carbonyl (C=O) groups excluding carboxylic acids is 2. The fourth-order valence-corrected chi connectivity index (χ4v) is 2.26. The summed E-state index contributed by atoms with van der Waals surface area (Å²) in [6, 6.07) is 5.89. The Labute approximate surface area is 129 Å². The first kappa shape index (κ1) is 15.7. The van der Waals surface area contributed by atoms with E-state index in [9.17, 15) is 19.7 Å². The molecule has 0 bridgehead atoms. The number of thiophene rings is 1. The van der Waals surface area contributed by atoms with E-state index in [2.05, 4.69) is 10.6 Å². The highest BCUT2D eigenvalue weighted by Crippen LogP contribution is 2.15. The van der Waals surface area contributed by atoms with E-state index in [0.29, 0.717) is 24.4 Å². The maximum Gasteiger partial charge on any atom is 0.433 e. The van der Waals surface area contributed by atoms with Gasteiger partial charge < -0.3 is 15.1 Å². The summed E-state index contributed by atoms with van der Waals surface area (Å²) >= 11 is 1.35. The molecule has 116 valence electrons. The molecular formula is C13H13N3O5S. The molecule has 22 heavy (non-hydrogen) atoms. The molecule has 2 rings (SSSR count). The topological polar surface area (TPSA) is 114 Å². The van der Waals surface area contributed by atoms with Gasteiger partial charge in [0, 0.05) is 13.1 Å². The predicted octanol–water partition coefficient (Wildman–Crippen LogP) is 1.80. The van der Waals surface area contributed by atoms with Crippen LogP contribution < -0.4 is 10.6 Å². The monoisotopic (exact) mass is 323 g/mol. The Morgan fingerprint density at radius 3 is 2.50 bits per heavy atom. The number of nitrogens with one attached hydrogen (secondary N) is 2. The lowest BCUT2D eigenvalue weighted by molar-refractivity contribution is -0.402. The highest BCUT2D eigenvalue weighted by molar-refractivity contribution is 7.12. The maximum atomic E-state index is 11.7. The standard InChI is InChI=1S/C13H13N3O5S/c17-12(9-4-5-11(21-9)16(19)20)14-6-2-7-15-13(18)10-3-1-8-22-10/h1,3-5,8H,2,6-7H2,(H,14,17)(H,15,18). The molecular weight excluding hydrogens is 310 g/mol. The van der Waals surface area contributed by atoms with Crippen LogP contribution in [0.4, 0.5) is 5.88 Å². The molecule has 0 aliphatic carbocycles. The molecule has 0 aliphatic heterocycles. The van der Waals surface area contributed by atoms with Crippen molar-refractivity contribution < 1.29 is 18.9 Å². The SMILES string of the molecule is O=C(NCCCNC(=O)c1cccs1)c1ccc([N+](=O)[O-])o1. The Balaban J connectivity index is 1.66. The largest absolute Gasteiger partial charge is 0.433 e. The lowest BCUT2D eigenvalue weighted by Crippen LogP contribution is -2.29. The number of carbonyl (C=O) groups is 2. The van der Waals surface area contributed by atoms with E-state index < -0.39 is 16.7 Å². The van der Waals surface area contributed by atoms with Crippen molar-refractivity contribution in [2.24, 2.45) is 0 Å². The Morgan fingerprint density at radius 2 is 1.91 bits per heavy atom. The van der Waals surface area contributed by atoms with Gasteiger partial charge in [0.05, 0.1) is 10.9 Å². The first-order valence-electron chi connectivity index (χ1n) is 6.42. The van der Waals surface area contributed by atoms with E-state index in [1.165, 1.54) is 17.4 Å². The summed E-state index contributed by atoms with van der Waals surface area (Å²) in [5.74, 6) is -1.27. The van der Waals surface area contributed by atoms with Crippen LogP contribution in [0.3, 0.4) is 0 Å². The maximum absolute atomic E-state index is 11.7. The minimum absolute atomic E-state index is 0.116. The minimum atomic E-state index is -0.711. The Kier molecular flexibility index (Phi) is 5.26. The van der Waals surface area contributed by atoms with Gasteiger partial charge in [-0.2, -0.15) is 0 Å². The summed E-state index contributed by atoms with van der Waals surface area (Å²) in [5.41, 5.74) is 0. The van der Waals surface area contributed by atoms with Crippen LogP contribution in [-0.4, -0.2) is 29.8 Å². The van der Waals surface area contributed by atoms with Gasteiger partial charge >= 0.3 is 5.88 Å². The van der Waals surface area contributed by atoms with Crippen LogP contribution in [-0.2, 0) is 0 Å². The fourth-order valence-electron chi connectivity index (χ4n) is 1.62. The van der Waals surface area contributed by atoms with Gasteiger partial charge in [-0.15, -0.1) is 11.3 Å². The number of furan rings is 1. The fraction of sp³-hybridized carbons (Fsp3) is 0.231. The molecule has 9 heteroatoms. The van der Waals surface area contributed by atoms with Gasteiger partial charge in [-0.25, -0.2) is 0 Å². The van der Waals surface area contributed by atoms with Crippen LogP contribution in [0.25, 0.3) is 0 Å².